The predicted molar refractivity (Wildman–Crippen MR) is 66.3 cm³/mol. The molecule has 0 aliphatic carbocycles. The molecule has 3 nitrogen and oxygen atoms in total. The zero-order valence-electron chi connectivity index (χ0n) is 9.95. The molecule has 0 aromatic heterocycles. The van der Waals surface area contributed by atoms with Crippen molar-refractivity contribution in [3.05, 3.63) is 0 Å². The predicted octanol–water partition coefficient (Wildman–Crippen LogP) is 1.34. The first kappa shape index (κ1) is 12.8. The van der Waals surface area contributed by atoms with Crippen molar-refractivity contribution in [2.45, 2.75) is 38.0 Å². The number of amides is 1. The third kappa shape index (κ3) is 4.03. The smallest absolute Gasteiger partial charge is 0.236 e. The number of likely N-dealkylation sites (N-methyl/N-ethyl adjacent to an activating group) is 1. The number of hydrogen-bond acceptors (Lipinski definition) is 3. The fourth-order valence-corrected chi connectivity index (χ4v) is 2.89. The third-order valence-electron chi connectivity index (χ3n) is 3.02. The van der Waals surface area contributed by atoms with Crippen molar-refractivity contribution in [3.8, 4) is 0 Å². The van der Waals surface area contributed by atoms with E-state index < -0.39 is 0 Å². The second-order valence-corrected chi connectivity index (χ2v) is 5.60. The van der Waals surface area contributed by atoms with Gasteiger partial charge in [-0.2, -0.15) is 11.8 Å². The van der Waals surface area contributed by atoms with Crippen LogP contribution in [0.2, 0.25) is 0 Å². The summed E-state index contributed by atoms with van der Waals surface area (Å²) in [6.07, 6.45) is 2.47. The number of carbonyl (C=O) groups excluding carboxylic acids is 1. The number of carbonyl (C=O) groups is 1. The molecule has 0 saturated carbocycles. The molecule has 2 atom stereocenters. The lowest BCUT2D eigenvalue weighted by atomic mass is 10.1. The molecule has 1 rings (SSSR count). The summed E-state index contributed by atoms with van der Waals surface area (Å²) in [4.78, 5) is 13.3. The van der Waals surface area contributed by atoms with Crippen LogP contribution in [0, 0.1) is 0 Å². The molecule has 1 fully saturated rings. The molecule has 0 aromatic rings. The maximum absolute atomic E-state index is 11.6. The van der Waals surface area contributed by atoms with Crippen LogP contribution in [0.15, 0.2) is 0 Å². The minimum atomic E-state index is 0.195. The average molecular weight is 230 g/mol. The minimum absolute atomic E-state index is 0.195. The van der Waals surface area contributed by atoms with Crippen molar-refractivity contribution >= 4 is 17.7 Å². The summed E-state index contributed by atoms with van der Waals surface area (Å²) in [7, 11) is 1.85. The summed E-state index contributed by atoms with van der Waals surface area (Å²) in [6.45, 7) is 5.52. The lowest BCUT2D eigenvalue weighted by molar-refractivity contribution is -0.128. The summed E-state index contributed by atoms with van der Waals surface area (Å²) < 4.78 is 0. The van der Waals surface area contributed by atoms with Crippen LogP contribution >= 0.6 is 11.8 Å². The fraction of sp³-hybridized carbons (Fsp3) is 0.909. The van der Waals surface area contributed by atoms with Gasteiger partial charge in [0.1, 0.15) is 0 Å². The van der Waals surface area contributed by atoms with E-state index in [1.165, 1.54) is 18.6 Å². The normalized spacial score (nSPS) is 26.3. The molecule has 0 bridgehead atoms. The first-order valence-electron chi connectivity index (χ1n) is 5.74. The molecular weight excluding hydrogens is 208 g/mol. The number of nitrogens with zero attached hydrogens (tertiary/aromatic N) is 1. The van der Waals surface area contributed by atoms with Gasteiger partial charge in [-0.15, -0.1) is 0 Å². The maximum Gasteiger partial charge on any atom is 0.236 e. The van der Waals surface area contributed by atoms with Crippen molar-refractivity contribution in [1.29, 1.82) is 0 Å². The largest absolute Gasteiger partial charge is 0.345 e. The number of nitrogens with one attached hydrogen (secondary N) is 1. The molecule has 1 aliphatic heterocycles. The van der Waals surface area contributed by atoms with E-state index in [9.17, 15) is 4.79 Å². The highest BCUT2D eigenvalue weighted by molar-refractivity contribution is 7.99. The van der Waals surface area contributed by atoms with E-state index >= 15 is 0 Å². The van der Waals surface area contributed by atoms with Crippen molar-refractivity contribution in [2.75, 3.05) is 25.9 Å². The Kier molecular flexibility index (Phi) is 5.47. The highest BCUT2D eigenvalue weighted by atomic mass is 32.2. The van der Waals surface area contributed by atoms with E-state index in [0.717, 1.165) is 6.54 Å². The second-order valence-electron chi connectivity index (χ2n) is 4.11. The van der Waals surface area contributed by atoms with Crippen molar-refractivity contribution < 1.29 is 4.79 Å². The molecule has 0 radical (unpaired) electrons. The number of hydrogen-bond donors (Lipinski definition) is 1. The van der Waals surface area contributed by atoms with Crippen LogP contribution in [-0.2, 0) is 4.79 Å². The molecule has 1 aliphatic rings. The summed E-state index contributed by atoms with van der Waals surface area (Å²) in [6, 6.07) is 0.512. The van der Waals surface area contributed by atoms with Gasteiger partial charge in [-0.1, -0.05) is 6.92 Å². The molecule has 1 amide bonds. The Labute approximate surface area is 97.0 Å². The van der Waals surface area contributed by atoms with Crippen LogP contribution < -0.4 is 5.32 Å². The Morgan fingerprint density at radius 2 is 2.33 bits per heavy atom. The van der Waals surface area contributed by atoms with E-state index in [2.05, 4.69) is 12.2 Å². The van der Waals surface area contributed by atoms with Gasteiger partial charge in [0.15, 0.2) is 0 Å². The Morgan fingerprint density at radius 3 is 2.93 bits per heavy atom. The van der Waals surface area contributed by atoms with E-state index in [0.29, 0.717) is 17.8 Å². The van der Waals surface area contributed by atoms with Crippen LogP contribution in [0.4, 0.5) is 0 Å². The average Bonchev–Trinajstić information content (AvgIpc) is 2.26. The highest BCUT2D eigenvalue weighted by Gasteiger charge is 2.22. The standard InChI is InChI=1S/C11H22N2OS/c1-4-13(3)11(14)8-12-10-6-5-7-15-9(10)2/h9-10,12H,4-8H2,1-3H3. The van der Waals surface area contributed by atoms with Crippen molar-refractivity contribution in [1.82, 2.24) is 10.2 Å². The van der Waals surface area contributed by atoms with E-state index in [1.54, 1.807) is 4.90 Å². The SMILES string of the molecule is CCN(C)C(=O)CNC1CCCSC1C. The van der Waals surface area contributed by atoms with E-state index in [-0.39, 0.29) is 5.91 Å². The molecule has 15 heavy (non-hydrogen) atoms. The molecule has 0 aromatic carbocycles. The van der Waals surface area contributed by atoms with E-state index in [1.807, 2.05) is 25.7 Å². The van der Waals surface area contributed by atoms with Crippen LogP contribution in [0.25, 0.3) is 0 Å². The van der Waals surface area contributed by atoms with Gasteiger partial charge < -0.3 is 10.2 Å². The summed E-state index contributed by atoms with van der Waals surface area (Å²) >= 11 is 2.00. The zero-order chi connectivity index (χ0) is 11.3. The van der Waals surface area contributed by atoms with Crippen LogP contribution in [0.3, 0.4) is 0 Å². The Morgan fingerprint density at radius 1 is 1.60 bits per heavy atom. The number of rotatable bonds is 4. The molecule has 4 heteroatoms. The highest BCUT2D eigenvalue weighted by Crippen LogP contribution is 2.24. The molecule has 1 heterocycles. The van der Waals surface area contributed by atoms with E-state index in [4.69, 9.17) is 0 Å². The van der Waals surface area contributed by atoms with Crippen LogP contribution in [-0.4, -0.2) is 48.0 Å². The van der Waals surface area contributed by atoms with Gasteiger partial charge in [0.05, 0.1) is 6.54 Å². The molecule has 2 unspecified atom stereocenters. The van der Waals surface area contributed by atoms with Gasteiger partial charge in [0.25, 0.3) is 0 Å². The van der Waals surface area contributed by atoms with Gasteiger partial charge in [0.2, 0.25) is 5.91 Å². The van der Waals surface area contributed by atoms with Crippen LogP contribution in [0.1, 0.15) is 26.7 Å². The Balaban J connectivity index is 2.26. The molecular formula is C11H22N2OS. The topological polar surface area (TPSA) is 32.3 Å². The number of thioether (sulfide) groups is 1. The molecule has 88 valence electrons. The quantitative estimate of drug-likeness (QED) is 0.791. The van der Waals surface area contributed by atoms with Gasteiger partial charge in [-0.05, 0) is 25.5 Å². The summed E-state index contributed by atoms with van der Waals surface area (Å²) in [5.41, 5.74) is 0. The van der Waals surface area contributed by atoms with Gasteiger partial charge in [0, 0.05) is 24.9 Å². The molecule has 1 saturated heterocycles. The third-order valence-corrected chi connectivity index (χ3v) is 4.40. The van der Waals surface area contributed by atoms with Crippen LogP contribution in [0.5, 0.6) is 0 Å². The summed E-state index contributed by atoms with van der Waals surface area (Å²) in [5, 5.41) is 4.01. The summed E-state index contributed by atoms with van der Waals surface area (Å²) in [5.74, 6) is 1.46. The lowest BCUT2D eigenvalue weighted by Crippen LogP contribution is -2.44. The van der Waals surface area contributed by atoms with Gasteiger partial charge in [-0.25, -0.2) is 0 Å². The van der Waals surface area contributed by atoms with Crippen molar-refractivity contribution in [2.24, 2.45) is 0 Å². The van der Waals surface area contributed by atoms with Gasteiger partial charge >= 0.3 is 0 Å². The maximum atomic E-state index is 11.6. The Hall–Kier alpha value is -0.220. The second kappa shape index (κ2) is 6.38. The van der Waals surface area contributed by atoms with Gasteiger partial charge in [-0.3, -0.25) is 4.79 Å². The van der Waals surface area contributed by atoms with Crippen molar-refractivity contribution in [3.63, 3.8) is 0 Å². The monoisotopic (exact) mass is 230 g/mol. The minimum Gasteiger partial charge on any atom is -0.345 e. The lowest BCUT2D eigenvalue weighted by Gasteiger charge is -2.29. The fourth-order valence-electron chi connectivity index (χ4n) is 1.72. The first-order chi connectivity index (χ1) is 7.15. The molecule has 1 N–H and O–H groups in total. The Bertz CT molecular complexity index is 211. The zero-order valence-corrected chi connectivity index (χ0v) is 10.8. The molecule has 0 spiro atoms. The first-order valence-corrected chi connectivity index (χ1v) is 6.79.